The van der Waals surface area contributed by atoms with Gasteiger partial charge in [0.25, 0.3) is 5.91 Å². The van der Waals surface area contributed by atoms with Crippen molar-refractivity contribution in [1.29, 1.82) is 0 Å². The number of thiophene rings is 1. The molecule has 4 heterocycles. The Morgan fingerprint density at radius 1 is 1.06 bits per heavy atom. The third-order valence-electron chi connectivity index (χ3n) is 6.38. The van der Waals surface area contributed by atoms with Crippen LogP contribution in [0.1, 0.15) is 56.7 Å². The number of hydrogen-bond acceptors (Lipinski definition) is 7. The van der Waals surface area contributed by atoms with Crippen molar-refractivity contribution in [2.75, 3.05) is 17.4 Å². The van der Waals surface area contributed by atoms with Gasteiger partial charge >= 0.3 is 0 Å². The molecule has 0 bridgehead atoms. The highest BCUT2D eigenvalue weighted by atomic mass is 32.1. The predicted octanol–water partition coefficient (Wildman–Crippen LogP) is 6.11. The molecule has 0 spiro atoms. The quantitative estimate of drug-likeness (QED) is 0.342. The fraction of sp³-hybridized carbons (Fsp3) is 0.259. The first-order valence-corrected chi connectivity index (χ1v) is 12.6. The molecule has 0 saturated heterocycles. The second kappa shape index (κ2) is 9.11. The van der Waals surface area contributed by atoms with Crippen LogP contribution in [0.25, 0.3) is 0 Å². The van der Waals surface area contributed by atoms with Crippen LogP contribution in [0.5, 0.6) is 11.5 Å². The van der Waals surface area contributed by atoms with E-state index in [2.05, 4.69) is 10.6 Å². The number of nitrogens with zero attached hydrogens (tertiary/aromatic N) is 1. The van der Waals surface area contributed by atoms with Crippen LogP contribution in [0.3, 0.4) is 0 Å². The summed E-state index contributed by atoms with van der Waals surface area (Å²) in [5.41, 5.74) is 4.32. The molecule has 4 aromatic rings. The number of amides is 1. The topological polar surface area (TPSA) is 85.6 Å². The number of carbonyl (C=O) groups excluding carboxylic acids is 1. The summed E-state index contributed by atoms with van der Waals surface area (Å²) in [7, 11) is 0. The van der Waals surface area contributed by atoms with Gasteiger partial charge in [-0.25, -0.2) is 4.98 Å². The number of benzene rings is 1. The van der Waals surface area contributed by atoms with Gasteiger partial charge in [-0.15, -0.1) is 11.3 Å². The second-order valence-electron chi connectivity index (χ2n) is 8.74. The first-order valence-electron chi connectivity index (χ1n) is 11.7. The van der Waals surface area contributed by atoms with Crippen molar-refractivity contribution in [2.45, 2.75) is 38.6 Å². The molecule has 8 heteroatoms. The minimum absolute atomic E-state index is 0.217. The fourth-order valence-corrected chi connectivity index (χ4v) is 6.07. The van der Waals surface area contributed by atoms with Crippen LogP contribution in [0.4, 0.5) is 10.8 Å². The molecule has 2 N–H and O–H groups in total. The Bertz CT molecular complexity index is 1380. The highest BCUT2D eigenvalue weighted by Crippen LogP contribution is 2.46. The minimum Gasteiger partial charge on any atom is -0.459 e. The Labute approximate surface area is 207 Å². The van der Waals surface area contributed by atoms with Crippen LogP contribution >= 0.6 is 11.3 Å². The molecule has 0 saturated carbocycles. The number of nitrogens with one attached hydrogen (secondary N) is 2. The lowest BCUT2D eigenvalue weighted by atomic mass is 9.89. The van der Waals surface area contributed by atoms with Gasteiger partial charge < -0.3 is 24.5 Å². The number of pyridine rings is 1. The zero-order valence-corrected chi connectivity index (χ0v) is 20.1. The van der Waals surface area contributed by atoms with E-state index >= 15 is 0 Å². The molecule has 1 aliphatic heterocycles. The monoisotopic (exact) mass is 487 g/mol. The molecule has 3 aromatic heterocycles. The summed E-state index contributed by atoms with van der Waals surface area (Å²) in [6.07, 6.45) is 5.77. The van der Waals surface area contributed by atoms with E-state index in [-0.39, 0.29) is 24.5 Å². The maximum atomic E-state index is 13.0. The summed E-state index contributed by atoms with van der Waals surface area (Å²) in [5.74, 6) is 2.26. The number of aryl methyl sites for hydroxylation is 2. The summed E-state index contributed by atoms with van der Waals surface area (Å²) < 4.78 is 16.6. The first kappa shape index (κ1) is 21.7. The summed E-state index contributed by atoms with van der Waals surface area (Å²) >= 11 is 1.66. The number of aromatic nitrogens is 1. The Morgan fingerprint density at radius 2 is 1.94 bits per heavy atom. The van der Waals surface area contributed by atoms with Crippen LogP contribution in [0, 0.1) is 6.92 Å². The van der Waals surface area contributed by atoms with Gasteiger partial charge in [0.15, 0.2) is 17.3 Å². The molecule has 35 heavy (non-hydrogen) atoms. The van der Waals surface area contributed by atoms with E-state index in [0.29, 0.717) is 0 Å². The molecule has 0 radical (unpaired) electrons. The number of anilines is 2. The third-order valence-corrected chi connectivity index (χ3v) is 7.61. The van der Waals surface area contributed by atoms with Crippen molar-refractivity contribution in [3.63, 3.8) is 0 Å². The van der Waals surface area contributed by atoms with Crippen molar-refractivity contribution in [3.05, 3.63) is 87.8 Å². The molecule has 6 rings (SSSR count). The summed E-state index contributed by atoms with van der Waals surface area (Å²) in [6.45, 7) is 2.19. The van der Waals surface area contributed by atoms with E-state index < -0.39 is 0 Å². The van der Waals surface area contributed by atoms with Gasteiger partial charge in [0.1, 0.15) is 10.8 Å². The average molecular weight is 488 g/mol. The smallest absolute Gasteiger partial charge is 0.291 e. The Morgan fingerprint density at radius 3 is 2.80 bits per heavy atom. The van der Waals surface area contributed by atoms with Gasteiger partial charge in [0.05, 0.1) is 12.3 Å². The van der Waals surface area contributed by atoms with Gasteiger partial charge in [-0.05, 0) is 80.1 Å². The molecule has 2 aliphatic rings. The lowest BCUT2D eigenvalue weighted by Crippen LogP contribution is -2.19. The van der Waals surface area contributed by atoms with Crippen LogP contribution in [0.15, 0.2) is 59.2 Å². The fourth-order valence-electron chi connectivity index (χ4n) is 4.75. The van der Waals surface area contributed by atoms with Gasteiger partial charge in [-0.3, -0.25) is 4.79 Å². The first-order chi connectivity index (χ1) is 17.2. The molecule has 7 nitrogen and oxygen atoms in total. The minimum atomic E-state index is -0.257. The van der Waals surface area contributed by atoms with Gasteiger partial charge in [-0.1, -0.05) is 12.1 Å². The SMILES string of the molecule is Cc1cccc(NC(c2ccc3c(c2)OCO3)c2c(NC(=O)c3ccco3)sc3c2CCCC3)n1. The Balaban J connectivity index is 1.47. The summed E-state index contributed by atoms with van der Waals surface area (Å²) in [4.78, 5) is 19.0. The molecule has 1 aliphatic carbocycles. The Kier molecular flexibility index (Phi) is 5.66. The number of carbonyl (C=O) groups is 1. The molecule has 178 valence electrons. The molecule has 1 atom stereocenters. The second-order valence-corrected chi connectivity index (χ2v) is 9.84. The molecule has 1 aromatic carbocycles. The van der Waals surface area contributed by atoms with Crippen LogP contribution in [-0.4, -0.2) is 17.7 Å². The molecular weight excluding hydrogens is 462 g/mol. The molecular formula is C27H25N3O4S. The number of hydrogen-bond donors (Lipinski definition) is 2. The van der Waals surface area contributed by atoms with Crippen molar-refractivity contribution in [2.24, 2.45) is 0 Å². The van der Waals surface area contributed by atoms with E-state index in [4.69, 9.17) is 18.9 Å². The average Bonchev–Trinajstić information content (AvgIpc) is 3.62. The van der Waals surface area contributed by atoms with Gasteiger partial charge in [0, 0.05) is 16.1 Å². The maximum absolute atomic E-state index is 13.0. The van der Waals surface area contributed by atoms with Crippen molar-refractivity contribution in [1.82, 2.24) is 4.98 Å². The Hall–Kier alpha value is -3.78. The number of fused-ring (bicyclic) bond motifs is 2. The normalized spacial score (nSPS) is 14.9. The maximum Gasteiger partial charge on any atom is 0.291 e. The standard InChI is InChI=1S/C27H25N3O4S/c1-16-6-4-10-23(28-16)29-25(17-11-12-19-21(14-17)34-15-33-19)24-18-7-2-3-9-22(18)35-27(24)30-26(31)20-8-5-13-32-20/h4-6,8,10-14,25H,2-3,7,9,15H2,1H3,(H,28,29)(H,30,31). The zero-order valence-electron chi connectivity index (χ0n) is 19.3. The van der Waals surface area contributed by atoms with Crippen LogP contribution in [-0.2, 0) is 12.8 Å². The van der Waals surface area contributed by atoms with Gasteiger partial charge in [-0.2, -0.15) is 0 Å². The van der Waals surface area contributed by atoms with E-state index in [1.807, 2.05) is 43.3 Å². The number of rotatable bonds is 6. The summed E-state index contributed by atoms with van der Waals surface area (Å²) in [5, 5.41) is 7.63. The van der Waals surface area contributed by atoms with E-state index in [1.165, 1.54) is 16.7 Å². The van der Waals surface area contributed by atoms with E-state index in [0.717, 1.165) is 64.8 Å². The van der Waals surface area contributed by atoms with Crippen LogP contribution < -0.4 is 20.1 Å². The molecule has 1 amide bonds. The molecule has 1 unspecified atom stereocenters. The lowest BCUT2D eigenvalue weighted by molar-refractivity contribution is 0.0997. The summed E-state index contributed by atoms with van der Waals surface area (Å²) in [6, 6.07) is 15.1. The zero-order chi connectivity index (χ0) is 23.8. The highest BCUT2D eigenvalue weighted by molar-refractivity contribution is 7.16. The van der Waals surface area contributed by atoms with Crippen molar-refractivity contribution in [3.8, 4) is 11.5 Å². The van der Waals surface area contributed by atoms with E-state index in [1.54, 1.807) is 23.5 Å². The number of ether oxygens (including phenoxy) is 2. The van der Waals surface area contributed by atoms with E-state index in [9.17, 15) is 4.79 Å². The number of furan rings is 1. The van der Waals surface area contributed by atoms with Crippen molar-refractivity contribution >= 4 is 28.1 Å². The predicted molar refractivity (Wildman–Crippen MR) is 135 cm³/mol. The lowest BCUT2D eigenvalue weighted by Gasteiger charge is -2.24. The highest BCUT2D eigenvalue weighted by Gasteiger charge is 2.30. The molecule has 0 fully saturated rings. The largest absolute Gasteiger partial charge is 0.459 e. The van der Waals surface area contributed by atoms with Crippen molar-refractivity contribution < 1.29 is 18.7 Å². The third kappa shape index (κ3) is 4.25. The van der Waals surface area contributed by atoms with Gasteiger partial charge in [0.2, 0.25) is 6.79 Å². The van der Waals surface area contributed by atoms with Crippen LogP contribution in [0.2, 0.25) is 0 Å².